The minimum absolute atomic E-state index is 0.315. The van der Waals surface area contributed by atoms with Crippen LogP contribution >= 0.6 is 0 Å². The Bertz CT molecular complexity index is 379. The number of benzene rings is 1. The van der Waals surface area contributed by atoms with Crippen LogP contribution in [0.5, 0.6) is 5.75 Å². The minimum atomic E-state index is 0.315. The molecule has 1 aromatic carbocycles. The predicted octanol–water partition coefficient (Wildman–Crippen LogP) is 4.03. The van der Waals surface area contributed by atoms with Gasteiger partial charge >= 0.3 is 0 Å². The van der Waals surface area contributed by atoms with Gasteiger partial charge in [0.05, 0.1) is 19.8 Å². The summed E-state index contributed by atoms with van der Waals surface area (Å²) >= 11 is 0. The number of hydrogen-bond acceptors (Lipinski definition) is 3. The largest absolute Gasteiger partial charge is 0.496 e. The summed E-state index contributed by atoms with van der Waals surface area (Å²) in [6.45, 7) is 5.52. The Labute approximate surface area is 123 Å². The summed E-state index contributed by atoms with van der Waals surface area (Å²) in [5.74, 6) is 0.851. The first-order valence-corrected chi connectivity index (χ1v) is 7.68. The highest BCUT2D eigenvalue weighted by Crippen LogP contribution is 2.20. The van der Waals surface area contributed by atoms with E-state index in [1.165, 1.54) is 25.7 Å². The Balaban J connectivity index is 2.37. The molecule has 3 heteroatoms. The van der Waals surface area contributed by atoms with Gasteiger partial charge < -0.3 is 15.2 Å². The van der Waals surface area contributed by atoms with Crippen molar-refractivity contribution in [2.45, 2.75) is 65.2 Å². The van der Waals surface area contributed by atoms with E-state index >= 15 is 0 Å². The Kier molecular flexibility index (Phi) is 8.31. The molecule has 0 fully saturated rings. The molecule has 0 aliphatic heterocycles. The van der Waals surface area contributed by atoms with Gasteiger partial charge in [0.25, 0.3) is 0 Å². The van der Waals surface area contributed by atoms with Crippen molar-refractivity contribution in [1.82, 2.24) is 0 Å². The quantitative estimate of drug-likeness (QED) is 0.658. The normalized spacial score (nSPS) is 12.4. The van der Waals surface area contributed by atoms with Crippen LogP contribution < -0.4 is 10.5 Å². The van der Waals surface area contributed by atoms with E-state index in [-0.39, 0.29) is 0 Å². The molecule has 0 spiro atoms. The van der Waals surface area contributed by atoms with Gasteiger partial charge in [-0.1, -0.05) is 38.7 Å². The minimum Gasteiger partial charge on any atom is -0.496 e. The molecule has 1 unspecified atom stereocenters. The molecular weight excluding hydrogens is 250 g/mol. The average Bonchev–Trinajstić information content (AvgIpc) is 2.49. The SMILES string of the molecule is CCCCCCC(C)OCc1ccc(OC)c(CN)c1. The lowest BCUT2D eigenvalue weighted by Gasteiger charge is -2.14. The lowest BCUT2D eigenvalue weighted by molar-refractivity contribution is 0.0458. The van der Waals surface area contributed by atoms with Crippen molar-refractivity contribution in [3.63, 3.8) is 0 Å². The number of ether oxygens (including phenoxy) is 2. The molecule has 20 heavy (non-hydrogen) atoms. The molecule has 0 aromatic heterocycles. The van der Waals surface area contributed by atoms with E-state index in [9.17, 15) is 0 Å². The molecule has 114 valence electrons. The number of hydrogen-bond donors (Lipinski definition) is 1. The molecule has 1 atom stereocenters. The Morgan fingerprint density at radius 1 is 1.20 bits per heavy atom. The number of methoxy groups -OCH3 is 1. The third kappa shape index (κ3) is 5.93. The fourth-order valence-electron chi connectivity index (χ4n) is 2.26. The zero-order valence-electron chi connectivity index (χ0n) is 13.2. The van der Waals surface area contributed by atoms with Crippen LogP contribution in [0.1, 0.15) is 57.1 Å². The van der Waals surface area contributed by atoms with Gasteiger partial charge in [-0.05, 0) is 31.0 Å². The zero-order chi connectivity index (χ0) is 14.8. The molecule has 0 saturated carbocycles. The van der Waals surface area contributed by atoms with Crippen molar-refractivity contribution in [2.75, 3.05) is 7.11 Å². The van der Waals surface area contributed by atoms with Crippen LogP contribution in [0.3, 0.4) is 0 Å². The molecular formula is C17H29NO2. The predicted molar refractivity (Wildman–Crippen MR) is 83.9 cm³/mol. The first-order chi connectivity index (χ1) is 9.71. The standard InChI is InChI=1S/C17H29NO2/c1-4-5-6-7-8-14(2)20-13-15-9-10-17(19-3)16(11-15)12-18/h9-11,14H,4-8,12-13,18H2,1-3H3. The van der Waals surface area contributed by atoms with Crippen molar-refractivity contribution in [3.05, 3.63) is 29.3 Å². The second-order valence-electron chi connectivity index (χ2n) is 5.32. The van der Waals surface area contributed by atoms with Gasteiger partial charge in [0, 0.05) is 12.1 Å². The topological polar surface area (TPSA) is 44.5 Å². The summed E-state index contributed by atoms with van der Waals surface area (Å²) in [5, 5.41) is 0. The van der Waals surface area contributed by atoms with Crippen molar-refractivity contribution < 1.29 is 9.47 Å². The summed E-state index contributed by atoms with van der Waals surface area (Å²) in [6.07, 6.45) is 6.62. The first kappa shape index (κ1) is 17.0. The van der Waals surface area contributed by atoms with Crippen molar-refractivity contribution in [1.29, 1.82) is 0 Å². The Morgan fingerprint density at radius 3 is 2.65 bits per heavy atom. The molecule has 0 aliphatic carbocycles. The molecule has 1 aromatic rings. The van der Waals surface area contributed by atoms with Crippen LogP contribution in [0.15, 0.2) is 18.2 Å². The summed E-state index contributed by atoms with van der Waals surface area (Å²) < 4.78 is 11.2. The molecule has 0 bridgehead atoms. The monoisotopic (exact) mass is 279 g/mol. The number of nitrogens with two attached hydrogens (primary N) is 1. The highest BCUT2D eigenvalue weighted by molar-refractivity contribution is 5.36. The molecule has 0 radical (unpaired) electrons. The molecule has 3 nitrogen and oxygen atoms in total. The second-order valence-corrected chi connectivity index (χ2v) is 5.32. The van der Waals surface area contributed by atoms with Crippen LogP contribution in [0.25, 0.3) is 0 Å². The smallest absolute Gasteiger partial charge is 0.123 e. The lowest BCUT2D eigenvalue weighted by Crippen LogP contribution is -2.08. The number of unbranched alkanes of at least 4 members (excludes halogenated alkanes) is 3. The van der Waals surface area contributed by atoms with Gasteiger partial charge in [0.15, 0.2) is 0 Å². The molecule has 0 aliphatic rings. The maximum absolute atomic E-state index is 5.90. The van der Waals surface area contributed by atoms with Crippen LogP contribution in [-0.4, -0.2) is 13.2 Å². The van der Waals surface area contributed by atoms with Crippen molar-refractivity contribution >= 4 is 0 Å². The summed E-state index contributed by atoms with van der Waals surface area (Å²) in [4.78, 5) is 0. The fraction of sp³-hybridized carbons (Fsp3) is 0.647. The third-order valence-electron chi connectivity index (χ3n) is 3.56. The molecule has 2 N–H and O–H groups in total. The maximum atomic E-state index is 5.90. The van der Waals surface area contributed by atoms with Gasteiger partial charge in [-0.2, -0.15) is 0 Å². The highest BCUT2D eigenvalue weighted by Gasteiger charge is 2.06. The van der Waals surface area contributed by atoms with E-state index in [0.29, 0.717) is 19.3 Å². The van der Waals surface area contributed by atoms with Crippen LogP contribution in [0.4, 0.5) is 0 Å². The van der Waals surface area contributed by atoms with Crippen LogP contribution in [-0.2, 0) is 17.9 Å². The van der Waals surface area contributed by atoms with Crippen molar-refractivity contribution in [3.8, 4) is 5.75 Å². The molecule has 0 amide bonds. The van der Waals surface area contributed by atoms with Crippen LogP contribution in [0, 0.1) is 0 Å². The third-order valence-corrected chi connectivity index (χ3v) is 3.56. The second kappa shape index (κ2) is 9.78. The van der Waals surface area contributed by atoms with E-state index < -0.39 is 0 Å². The van der Waals surface area contributed by atoms with Crippen LogP contribution in [0.2, 0.25) is 0 Å². The number of rotatable bonds is 10. The molecule has 1 rings (SSSR count). The van der Waals surface area contributed by atoms with Gasteiger partial charge in [0.2, 0.25) is 0 Å². The lowest BCUT2D eigenvalue weighted by atomic mass is 10.1. The molecule has 0 saturated heterocycles. The molecule has 0 heterocycles. The average molecular weight is 279 g/mol. The van der Waals surface area contributed by atoms with Gasteiger partial charge in [-0.25, -0.2) is 0 Å². The van der Waals surface area contributed by atoms with E-state index in [1.807, 2.05) is 12.1 Å². The first-order valence-electron chi connectivity index (χ1n) is 7.68. The Hall–Kier alpha value is -1.06. The van der Waals surface area contributed by atoms with E-state index in [0.717, 1.165) is 23.3 Å². The van der Waals surface area contributed by atoms with E-state index in [2.05, 4.69) is 19.9 Å². The summed E-state index contributed by atoms with van der Waals surface area (Å²) in [5.41, 5.74) is 7.92. The maximum Gasteiger partial charge on any atom is 0.123 e. The Morgan fingerprint density at radius 2 is 2.00 bits per heavy atom. The zero-order valence-corrected chi connectivity index (χ0v) is 13.2. The van der Waals surface area contributed by atoms with Crippen molar-refractivity contribution in [2.24, 2.45) is 5.73 Å². The van der Waals surface area contributed by atoms with E-state index in [1.54, 1.807) is 7.11 Å². The fourth-order valence-corrected chi connectivity index (χ4v) is 2.26. The summed E-state index contributed by atoms with van der Waals surface area (Å²) in [6, 6.07) is 6.08. The van der Waals surface area contributed by atoms with Gasteiger partial charge in [0.1, 0.15) is 5.75 Å². The van der Waals surface area contributed by atoms with Gasteiger partial charge in [-0.15, -0.1) is 0 Å². The summed E-state index contributed by atoms with van der Waals surface area (Å²) in [7, 11) is 1.67. The van der Waals surface area contributed by atoms with Gasteiger partial charge in [-0.3, -0.25) is 0 Å². The van der Waals surface area contributed by atoms with E-state index in [4.69, 9.17) is 15.2 Å². The highest BCUT2D eigenvalue weighted by atomic mass is 16.5.